The quantitative estimate of drug-likeness (QED) is 0.604. The van der Waals surface area contributed by atoms with Crippen molar-refractivity contribution in [2.75, 3.05) is 11.1 Å². The first kappa shape index (κ1) is 20.0. The van der Waals surface area contributed by atoms with E-state index in [9.17, 15) is 9.18 Å². The lowest BCUT2D eigenvalue weighted by Crippen LogP contribution is -2.16. The Bertz CT molecular complexity index is 958. The summed E-state index contributed by atoms with van der Waals surface area (Å²) in [5, 5.41) is 12.0. The lowest BCUT2D eigenvalue weighted by Gasteiger charge is -2.12. The summed E-state index contributed by atoms with van der Waals surface area (Å²) in [6, 6.07) is 8.09. The van der Waals surface area contributed by atoms with Crippen LogP contribution in [0.5, 0.6) is 0 Å². The standard InChI is InChI=1S/C20H22FN5OS/c1-13(2)11-26-19(15-6-8-22-9-7-15)24-25-20(26)28-12-18(27)23-17-10-16(21)5-4-14(17)3/h4-10,13H,11-12H2,1-3H3,(H,23,27). The van der Waals surface area contributed by atoms with Crippen molar-refractivity contribution in [3.8, 4) is 11.4 Å². The van der Waals surface area contributed by atoms with Crippen molar-refractivity contribution in [1.29, 1.82) is 0 Å². The SMILES string of the molecule is Cc1ccc(F)cc1NC(=O)CSc1nnc(-c2ccncc2)n1CC(C)C. The highest BCUT2D eigenvalue weighted by Gasteiger charge is 2.17. The summed E-state index contributed by atoms with van der Waals surface area (Å²) in [6.45, 7) is 6.79. The zero-order chi connectivity index (χ0) is 20.1. The van der Waals surface area contributed by atoms with Gasteiger partial charge in [-0.1, -0.05) is 31.7 Å². The molecule has 0 fully saturated rings. The largest absolute Gasteiger partial charge is 0.325 e. The van der Waals surface area contributed by atoms with Crippen LogP contribution < -0.4 is 5.32 Å². The molecule has 3 rings (SSSR count). The van der Waals surface area contributed by atoms with E-state index >= 15 is 0 Å². The smallest absolute Gasteiger partial charge is 0.234 e. The van der Waals surface area contributed by atoms with Crippen LogP contribution in [0.25, 0.3) is 11.4 Å². The number of hydrogen-bond donors (Lipinski definition) is 1. The highest BCUT2D eigenvalue weighted by molar-refractivity contribution is 7.99. The van der Waals surface area contributed by atoms with Crippen LogP contribution in [0.4, 0.5) is 10.1 Å². The minimum atomic E-state index is -0.382. The van der Waals surface area contributed by atoms with Crippen molar-refractivity contribution < 1.29 is 9.18 Å². The monoisotopic (exact) mass is 399 g/mol. The van der Waals surface area contributed by atoms with Crippen molar-refractivity contribution in [3.63, 3.8) is 0 Å². The van der Waals surface area contributed by atoms with Crippen LogP contribution in [0.3, 0.4) is 0 Å². The normalized spacial score (nSPS) is 11.0. The number of halogens is 1. The van der Waals surface area contributed by atoms with Gasteiger partial charge in [-0.25, -0.2) is 4.39 Å². The number of rotatable bonds is 7. The molecule has 0 aliphatic carbocycles. The highest BCUT2D eigenvalue weighted by Crippen LogP contribution is 2.25. The Morgan fingerprint density at radius 2 is 1.96 bits per heavy atom. The number of anilines is 1. The van der Waals surface area contributed by atoms with Gasteiger partial charge in [-0.2, -0.15) is 0 Å². The van der Waals surface area contributed by atoms with E-state index < -0.39 is 0 Å². The van der Waals surface area contributed by atoms with Crippen molar-refractivity contribution >= 4 is 23.4 Å². The number of nitrogens with one attached hydrogen (secondary N) is 1. The fourth-order valence-corrected chi connectivity index (χ4v) is 3.43. The Kier molecular flexibility index (Phi) is 6.41. The Labute approximate surface area is 167 Å². The van der Waals surface area contributed by atoms with Crippen molar-refractivity contribution in [1.82, 2.24) is 19.7 Å². The lowest BCUT2D eigenvalue weighted by atomic mass is 10.2. The maximum atomic E-state index is 13.4. The van der Waals surface area contributed by atoms with E-state index in [1.165, 1.54) is 23.9 Å². The molecule has 0 saturated heterocycles. The molecular formula is C20H22FN5OS. The van der Waals surface area contributed by atoms with E-state index in [1.54, 1.807) is 18.5 Å². The summed E-state index contributed by atoms with van der Waals surface area (Å²) in [5.74, 6) is 0.692. The summed E-state index contributed by atoms with van der Waals surface area (Å²) in [5.41, 5.74) is 2.21. The third kappa shape index (κ3) is 4.95. The van der Waals surface area contributed by atoms with Crippen LogP contribution in [0.1, 0.15) is 19.4 Å². The molecule has 0 atom stereocenters. The molecule has 6 nitrogen and oxygen atoms in total. The first-order valence-corrected chi connectivity index (χ1v) is 9.95. The van der Waals surface area contributed by atoms with E-state index in [1.807, 2.05) is 23.6 Å². The first-order chi connectivity index (χ1) is 13.4. The number of carbonyl (C=O) groups is 1. The average Bonchev–Trinajstić information content (AvgIpc) is 3.05. The zero-order valence-electron chi connectivity index (χ0n) is 16.0. The molecule has 0 aliphatic rings. The van der Waals surface area contributed by atoms with Crippen LogP contribution in [0, 0.1) is 18.7 Å². The topological polar surface area (TPSA) is 72.7 Å². The highest BCUT2D eigenvalue weighted by atomic mass is 32.2. The molecule has 2 aromatic heterocycles. The molecule has 8 heteroatoms. The van der Waals surface area contributed by atoms with Gasteiger partial charge in [0.05, 0.1) is 5.75 Å². The van der Waals surface area contributed by atoms with Crippen LogP contribution in [0.2, 0.25) is 0 Å². The van der Waals surface area contributed by atoms with Gasteiger partial charge in [-0.3, -0.25) is 9.78 Å². The fraction of sp³-hybridized carbons (Fsp3) is 0.300. The number of benzene rings is 1. The van der Waals surface area contributed by atoms with Gasteiger partial charge in [-0.05, 0) is 42.7 Å². The number of amides is 1. The van der Waals surface area contributed by atoms with Gasteiger partial charge in [0.2, 0.25) is 5.91 Å². The van der Waals surface area contributed by atoms with Crippen LogP contribution in [-0.2, 0) is 11.3 Å². The van der Waals surface area contributed by atoms with Gasteiger partial charge in [0.25, 0.3) is 0 Å². The Balaban J connectivity index is 1.74. The maximum absolute atomic E-state index is 13.4. The molecule has 1 N–H and O–H groups in total. The number of carbonyl (C=O) groups excluding carboxylic acids is 1. The van der Waals surface area contributed by atoms with E-state index in [4.69, 9.17) is 0 Å². The second-order valence-electron chi connectivity index (χ2n) is 6.84. The molecule has 3 aromatic rings. The van der Waals surface area contributed by atoms with Crippen LogP contribution in [0.15, 0.2) is 47.9 Å². The van der Waals surface area contributed by atoms with Gasteiger partial charge in [0.1, 0.15) is 5.82 Å². The van der Waals surface area contributed by atoms with E-state index in [-0.39, 0.29) is 17.5 Å². The molecule has 28 heavy (non-hydrogen) atoms. The molecule has 0 bridgehead atoms. The maximum Gasteiger partial charge on any atom is 0.234 e. The molecule has 0 aliphatic heterocycles. The van der Waals surface area contributed by atoms with Gasteiger partial charge in [0.15, 0.2) is 11.0 Å². The minimum Gasteiger partial charge on any atom is -0.325 e. The van der Waals surface area contributed by atoms with Gasteiger partial charge in [-0.15, -0.1) is 10.2 Å². The molecule has 0 saturated carbocycles. The summed E-state index contributed by atoms with van der Waals surface area (Å²) in [6.07, 6.45) is 3.43. The van der Waals surface area contributed by atoms with Gasteiger partial charge in [0, 0.05) is 30.2 Å². The van der Waals surface area contributed by atoms with Crippen molar-refractivity contribution in [2.24, 2.45) is 5.92 Å². The predicted molar refractivity (Wildman–Crippen MR) is 109 cm³/mol. The molecule has 0 unspecified atom stereocenters. The average molecular weight is 399 g/mol. The summed E-state index contributed by atoms with van der Waals surface area (Å²) >= 11 is 1.31. The minimum absolute atomic E-state index is 0.155. The molecule has 146 valence electrons. The molecule has 0 spiro atoms. The fourth-order valence-electron chi connectivity index (χ4n) is 2.69. The zero-order valence-corrected chi connectivity index (χ0v) is 16.8. The first-order valence-electron chi connectivity index (χ1n) is 8.96. The van der Waals surface area contributed by atoms with Gasteiger partial charge >= 0.3 is 0 Å². The number of nitrogens with zero attached hydrogens (tertiary/aromatic N) is 4. The molecule has 1 aromatic carbocycles. The van der Waals surface area contributed by atoms with Crippen molar-refractivity contribution in [3.05, 3.63) is 54.1 Å². The number of aryl methyl sites for hydroxylation is 1. The molecular weight excluding hydrogens is 377 g/mol. The third-order valence-corrected chi connectivity index (χ3v) is 4.98. The van der Waals surface area contributed by atoms with E-state index in [0.29, 0.717) is 16.8 Å². The second-order valence-corrected chi connectivity index (χ2v) is 7.79. The summed E-state index contributed by atoms with van der Waals surface area (Å²) in [7, 11) is 0. The number of pyridine rings is 1. The third-order valence-electron chi connectivity index (χ3n) is 4.01. The summed E-state index contributed by atoms with van der Waals surface area (Å²) in [4.78, 5) is 16.4. The number of hydrogen-bond acceptors (Lipinski definition) is 5. The van der Waals surface area contributed by atoms with Gasteiger partial charge < -0.3 is 9.88 Å². The Morgan fingerprint density at radius 3 is 2.68 bits per heavy atom. The second kappa shape index (κ2) is 8.97. The van der Waals surface area contributed by atoms with Crippen molar-refractivity contribution in [2.45, 2.75) is 32.5 Å². The predicted octanol–water partition coefficient (Wildman–Crippen LogP) is 4.17. The number of aromatic nitrogens is 4. The Hall–Kier alpha value is -2.74. The van der Waals surface area contributed by atoms with E-state index in [0.717, 1.165) is 23.5 Å². The molecule has 0 radical (unpaired) electrons. The Morgan fingerprint density at radius 1 is 1.21 bits per heavy atom. The summed E-state index contributed by atoms with van der Waals surface area (Å²) < 4.78 is 15.4. The lowest BCUT2D eigenvalue weighted by molar-refractivity contribution is -0.113. The number of thioether (sulfide) groups is 1. The molecule has 1 amide bonds. The van der Waals surface area contributed by atoms with Crippen LogP contribution in [-0.4, -0.2) is 31.4 Å². The van der Waals surface area contributed by atoms with Crippen LogP contribution >= 0.6 is 11.8 Å². The van der Waals surface area contributed by atoms with E-state index in [2.05, 4.69) is 34.3 Å². The molecule has 2 heterocycles.